The molecule has 1 aromatic carbocycles. The van der Waals surface area contributed by atoms with Crippen molar-refractivity contribution < 1.29 is 4.74 Å². The van der Waals surface area contributed by atoms with Gasteiger partial charge in [0.25, 0.3) is 0 Å². The van der Waals surface area contributed by atoms with Crippen LogP contribution in [0.1, 0.15) is 18.4 Å². The lowest BCUT2D eigenvalue weighted by atomic mass is 10.1. The average Bonchev–Trinajstić information content (AvgIpc) is 3.14. The predicted molar refractivity (Wildman–Crippen MR) is 100 cm³/mol. The molecule has 0 aliphatic rings. The van der Waals surface area contributed by atoms with Crippen molar-refractivity contribution in [1.29, 1.82) is 0 Å². The number of hydrogen-bond donors (Lipinski definition) is 2. The van der Waals surface area contributed by atoms with E-state index in [1.807, 2.05) is 22.8 Å². The average molecular weight is 365 g/mol. The van der Waals surface area contributed by atoms with Gasteiger partial charge in [0.15, 0.2) is 5.96 Å². The van der Waals surface area contributed by atoms with Crippen LogP contribution in [0, 0.1) is 0 Å². The summed E-state index contributed by atoms with van der Waals surface area (Å²) in [6, 6.07) is 5.74. The zero-order valence-electron chi connectivity index (χ0n) is 14.7. The van der Waals surface area contributed by atoms with Crippen molar-refractivity contribution in [1.82, 2.24) is 25.4 Å². The summed E-state index contributed by atoms with van der Waals surface area (Å²) in [6.45, 7) is 2.55. The third-order valence-corrected chi connectivity index (χ3v) is 4.12. The Hall–Kier alpha value is -2.28. The van der Waals surface area contributed by atoms with Crippen LogP contribution in [0.15, 0.2) is 35.8 Å². The van der Waals surface area contributed by atoms with Gasteiger partial charge in [0.2, 0.25) is 0 Å². The fraction of sp³-hybridized carbons (Fsp3) is 0.471. The zero-order valence-corrected chi connectivity index (χ0v) is 15.5. The largest absolute Gasteiger partial charge is 0.497 e. The molecule has 0 bridgehead atoms. The lowest BCUT2D eigenvalue weighted by molar-refractivity contribution is 0.414. The Kier molecular flexibility index (Phi) is 8.04. The Morgan fingerprint density at radius 3 is 2.64 bits per heavy atom. The predicted octanol–water partition coefficient (Wildman–Crippen LogP) is 2.13. The van der Waals surface area contributed by atoms with Crippen LogP contribution in [0.4, 0.5) is 0 Å². The molecule has 0 fully saturated rings. The van der Waals surface area contributed by atoms with E-state index in [9.17, 15) is 0 Å². The van der Waals surface area contributed by atoms with Crippen molar-refractivity contribution >= 4 is 17.6 Å². The van der Waals surface area contributed by atoms with Crippen molar-refractivity contribution in [2.75, 3.05) is 27.2 Å². The molecule has 0 aliphatic carbocycles. The van der Waals surface area contributed by atoms with Gasteiger partial charge in [-0.1, -0.05) is 17.7 Å². The molecule has 2 aromatic rings. The van der Waals surface area contributed by atoms with Crippen molar-refractivity contribution in [2.24, 2.45) is 4.99 Å². The van der Waals surface area contributed by atoms with Gasteiger partial charge in [0.05, 0.1) is 7.11 Å². The molecular formula is C17H25ClN6O. The third kappa shape index (κ3) is 6.62. The van der Waals surface area contributed by atoms with Gasteiger partial charge in [0, 0.05) is 31.7 Å². The number of nitrogens with one attached hydrogen (secondary N) is 2. The Morgan fingerprint density at radius 1 is 1.20 bits per heavy atom. The number of aryl methyl sites for hydroxylation is 1. The van der Waals surface area contributed by atoms with E-state index < -0.39 is 0 Å². The Balaban J connectivity index is 1.63. The van der Waals surface area contributed by atoms with E-state index in [2.05, 4.69) is 25.8 Å². The minimum atomic E-state index is 0.720. The molecule has 2 rings (SSSR count). The second-order valence-electron chi connectivity index (χ2n) is 5.54. The maximum Gasteiger partial charge on any atom is 0.190 e. The molecule has 1 aromatic heterocycles. The number of ether oxygens (including phenoxy) is 1. The Morgan fingerprint density at radius 2 is 1.96 bits per heavy atom. The SMILES string of the molecule is CN=C(NCCCCn1cnnc1)NCCc1ccc(OC)cc1Cl. The summed E-state index contributed by atoms with van der Waals surface area (Å²) < 4.78 is 7.14. The van der Waals surface area contributed by atoms with E-state index in [0.29, 0.717) is 0 Å². The number of hydrogen-bond acceptors (Lipinski definition) is 4. The number of benzene rings is 1. The molecule has 0 spiro atoms. The first kappa shape index (κ1) is 19.1. The normalized spacial score (nSPS) is 11.4. The molecule has 0 radical (unpaired) electrons. The van der Waals surface area contributed by atoms with E-state index in [1.54, 1.807) is 26.8 Å². The van der Waals surface area contributed by atoms with Crippen LogP contribution in [0.5, 0.6) is 5.75 Å². The lowest BCUT2D eigenvalue weighted by Crippen LogP contribution is -2.38. The summed E-state index contributed by atoms with van der Waals surface area (Å²) in [5.41, 5.74) is 1.08. The number of unbranched alkanes of at least 4 members (excludes halogenated alkanes) is 1. The van der Waals surface area contributed by atoms with Crippen molar-refractivity contribution in [3.8, 4) is 5.75 Å². The highest BCUT2D eigenvalue weighted by Crippen LogP contribution is 2.22. The van der Waals surface area contributed by atoms with Crippen LogP contribution >= 0.6 is 11.6 Å². The number of rotatable bonds is 9. The summed E-state index contributed by atoms with van der Waals surface area (Å²) in [5.74, 6) is 1.57. The number of guanidine groups is 1. The van der Waals surface area contributed by atoms with Crippen LogP contribution in [-0.4, -0.2) is 48.0 Å². The van der Waals surface area contributed by atoms with Gasteiger partial charge in [-0.25, -0.2) is 0 Å². The van der Waals surface area contributed by atoms with Gasteiger partial charge in [-0.15, -0.1) is 10.2 Å². The van der Waals surface area contributed by atoms with Crippen LogP contribution in [-0.2, 0) is 13.0 Å². The minimum Gasteiger partial charge on any atom is -0.497 e. The quantitative estimate of drug-likeness (QED) is 0.405. The van der Waals surface area contributed by atoms with Crippen LogP contribution in [0.3, 0.4) is 0 Å². The first-order valence-corrected chi connectivity index (χ1v) is 8.70. The molecule has 0 atom stereocenters. The molecule has 0 saturated heterocycles. The zero-order chi connectivity index (χ0) is 17.9. The number of halogens is 1. The number of aliphatic imine (C=N–C) groups is 1. The first-order chi connectivity index (χ1) is 12.2. The van der Waals surface area contributed by atoms with E-state index in [4.69, 9.17) is 16.3 Å². The van der Waals surface area contributed by atoms with Gasteiger partial charge >= 0.3 is 0 Å². The van der Waals surface area contributed by atoms with Gasteiger partial charge < -0.3 is 19.9 Å². The molecule has 136 valence electrons. The maximum atomic E-state index is 6.25. The number of nitrogens with zero attached hydrogens (tertiary/aromatic N) is 4. The molecule has 7 nitrogen and oxygen atoms in total. The van der Waals surface area contributed by atoms with E-state index in [0.717, 1.165) is 61.2 Å². The molecule has 0 unspecified atom stereocenters. The molecule has 2 N–H and O–H groups in total. The van der Waals surface area contributed by atoms with Gasteiger partial charge in [-0.2, -0.15) is 0 Å². The van der Waals surface area contributed by atoms with Crippen LogP contribution < -0.4 is 15.4 Å². The van der Waals surface area contributed by atoms with Crippen molar-refractivity contribution in [2.45, 2.75) is 25.8 Å². The Bertz CT molecular complexity index is 659. The van der Waals surface area contributed by atoms with Crippen molar-refractivity contribution in [3.05, 3.63) is 41.4 Å². The highest BCUT2D eigenvalue weighted by Gasteiger charge is 2.03. The second-order valence-corrected chi connectivity index (χ2v) is 5.95. The molecule has 1 heterocycles. The summed E-state index contributed by atoms with van der Waals surface area (Å²) in [4.78, 5) is 4.23. The molecule has 0 amide bonds. The minimum absolute atomic E-state index is 0.720. The number of aromatic nitrogens is 3. The molecule has 0 saturated carbocycles. The summed E-state index contributed by atoms with van der Waals surface area (Å²) in [6.07, 6.45) is 6.39. The van der Waals surface area contributed by atoms with Crippen molar-refractivity contribution in [3.63, 3.8) is 0 Å². The second kappa shape index (κ2) is 10.6. The maximum absolute atomic E-state index is 6.25. The molecule has 8 heteroatoms. The van der Waals surface area contributed by atoms with Crippen LogP contribution in [0.25, 0.3) is 0 Å². The molecule has 0 aliphatic heterocycles. The number of methoxy groups -OCH3 is 1. The standard InChI is InChI=1S/C17H25ClN6O/c1-19-17(20-8-3-4-10-24-12-22-23-13-24)21-9-7-14-5-6-15(25-2)11-16(14)18/h5-6,11-13H,3-4,7-10H2,1-2H3,(H2,19,20,21). The van der Waals surface area contributed by atoms with Crippen LogP contribution in [0.2, 0.25) is 5.02 Å². The van der Waals surface area contributed by atoms with E-state index in [-0.39, 0.29) is 0 Å². The lowest BCUT2D eigenvalue weighted by Gasteiger charge is -2.12. The van der Waals surface area contributed by atoms with Gasteiger partial charge in [-0.3, -0.25) is 4.99 Å². The molecule has 25 heavy (non-hydrogen) atoms. The summed E-state index contributed by atoms with van der Waals surface area (Å²) in [7, 11) is 3.40. The topological polar surface area (TPSA) is 76.4 Å². The molecular weight excluding hydrogens is 340 g/mol. The van der Waals surface area contributed by atoms with E-state index >= 15 is 0 Å². The smallest absolute Gasteiger partial charge is 0.190 e. The Labute approximate surface area is 153 Å². The third-order valence-electron chi connectivity index (χ3n) is 3.77. The fourth-order valence-electron chi connectivity index (χ4n) is 2.36. The van der Waals surface area contributed by atoms with Gasteiger partial charge in [-0.05, 0) is 37.0 Å². The van der Waals surface area contributed by atoms with Gasteiger partial charge in [0.1, 0.15) is 18.4 Å². The summed E-state index contributed by atoms with van der Waals surface area (Å²) in [5, 5.41) is 14.9. The highest BCUT2D eigenvalue weighted by atomic mass is 35.5. The first-order valence-electron chi connectivity index (χ1n) is 8.32. The fourth-order valence-corrected chi connectivity index (χ4v) is 2.62. The highest BCUT2D eigenvalue weighted by molar-refractivity contribution is 6.31. The monoisotopic (exact) mass is 364 g/mol. The van der Waals surface area contributed by atoms with E-state index in [1.165, 1.54) is 0 Å². The summed E-state index contributed by atoms with van der Waals surface area (Å²) >= 11 is 6.25.